The molecule has 2 aromatic carbocycles. The molecule has 0 aliphatic rings. The summed E-state index contributed by atoms with van der Waals surface area (Å²) in [5.41, 5.74) is 2.53. The van der Waals surface area contributed by atoms with Crippen LogP contribution in [0.25, 0.3) is 0 Å². The number of nitrogens with one attached hydrogen (secondary N) is 2. The predicted octanol–water partition coefficient (Wildman–Crippen LogP) is 3.39. The molecule has 2 amide bonds. The molecule has 0 spiro atoms. The number of ether oxygens (including phenoxy) is 2. The Morgan fingerprint density at radius 3 is 2.10 bits per heavy atom. The number of para-hydroxylation sites is 2. The van der Waals surface area contributed by atoms with Crippen molar-refractivity contribution in [1.29, 1.82) is 0 Å². The van der Waals surface area contributed by atoms with E-state index in [-0.39, 0.29) is 12.5 Å². The van der Waals surface area contributed by atoms with E-state index >= 15 is 0 Å². The van der Waals surface area contributed by atoms with Crippen molar-refractivity contribution in [3.63, 3.8) is 0 Å². The van der Waals surface area contributed by atoms with Gasteiger partial charge in [-0.15, -0.1) is 0 Å². The van der Waals surface area contributed by atoms with Crippen molar-refractivity contribution in [2.24, 2.45) is 5.92 Å². The second-order valence-corrected chi connectivity index (χ2v) is 7.73. The number of hydrogen-bond donors (Lipinski definition) is 2. The maximum atomic E-state index is 12.6. The van der Waals surface area contributed by atoms with Gasteiger partial charge in [-0.25, -0.2) is 4.79 Å². The van der Waals surface area contributed by atoms with Crippen LogP contribution in [0.3, 0.4) is 0 Å². The first kappa shape index (κ1) is 23.9. The molecular weight excluding hydrogens is 396 g/mol. The van der Waals surface area contributed by atoms with Gasteiger partial charge in [-0.2, -0.15) is 0 Å². The van der Waals surface area contributed by atoms with Gasteiger partial charge in [0, 0.05) is 5.69 Å². The second-order valence-electron chi connectivity index (χ2n) is 7.73. The normalized spacial score (nSPS) is 12.6. The number of esters is 1. The molecule has 0 aliphatic heterocycles. The Bertz CT molecular complexity index is 891. The van der Waals surface area contributed by atoms with Gasteiger partial charge in [0.05, 0.1) is 0 Å². The summed E-state index contributed by atoms with van der Waals surface area (Å²) in [7, 11) is 0. The van der Waals surface area contributed by atoms with E-state index in [0.717, 1.165) is 11.1 Å². The molecule has 2 atom stereocenters. The van der Waals surface area contributed by atoms with Gasteiger partial charge in [0.1, 0.15) is 11.8 Å². The first-order valence-corrected chi connectivity index (χ1v) is 10.2. The predicted molar refractivity (Wildman–Crippen MR) is 119 cm³/mol. The molecule has 0 heterocycles. The van der Waals surface area contributed by atoms with E-state index < -0.39 is 29.9 Å². The average molecular weight is 427 g/mol. The van der Waals surface area contributed by atoms with Crippen LogP contribution in [-0.2, 0) is 19.1 Å². The summed E-state index contributed by atoms with van der Waals surface area (Å²) < 4.78 is 10.8. The molecule has 0 saturated carbocycles. The highest BCUT2D eigenvalue weighted by Gasteiger charge is 2.29. The molecule has 0 aromatic heterocycles. The van der Waals surface area contributed by atoms with Crippen molar-refractivity contribution >= 4 is 23.5 Å². The topological polar surface area (TPSA) is 93.7 Å². The molecule has 7 heteroatoms. The highest BCUT2D eigenvalue weighted by Crippen LogP contribution is 2.20. The molecule has 31 heavy (non-hydrogen) atoms. The molecular formula is C24H30N2O5. The van der Waals surface area contributed by atoms with Crippen molar-refractivity contribution in [2.45, 2.75) is 46.8 Å². The number of aryl methyl sites for hydroxylation is 2. The van der Waals surface area contributed by atoms with Gasteiger partial charge in [0.2, 0.25) is 0 Å². The molecule has 0 bridgehead atoms. The van der Waals surface area contributed by atoms with Crippen molar-refractivity contribution in [3.8, 4) is 5.75 Å². The Labute approximate surface area is 183 Å². The zero-order chi connectivity index (χ0) is 23.0. The number of carbonyl (C=O) groups is 3. The molecule has 0 fully saturated rings. The van der Waals surface area contributed by atoms with E-state index in [1.165, 1.54) is 6.92 Å². The summed E-state index contributed by atoms with van der Waals surface area (Å²) in [6.07, 6.45) is -1.02. The first-order valence-electron chi connectivity index (χ1n) is 10.2. The van der Waals surface area contributed by atoms with E-state index in [1.54, 1.807) is 38.1 Å². The molecule has 0 radical (unpaired) electrons. The second kappa shape index (κ2) is 11.2. The van der Waals surface area contributed by atoms with Crippen LogP contribution in [0.1, 0.15) is 31.9 Å². The molecule has 0 aliphatic carbocycles. The van der Waals surface area contributed by atoms with E-state index in [2.05, 4.69) is 10.6 Å². The minimum absolute atomic E-state index is 0.233. The molecule has 0 saturated heterocycles. The van der Waals surface area contributed by atoms with E-state index in [4.69, 9.17) is 9.47 Å². The Kier molecular flexibility index (Phi) is 8.61. The Morgan fingerprint density at radius 1 is 0.903 bits per heavy atom. The highest BCUT2D eigenvalue weighted by atomic mass is 16.5. The summed E-state index contributed by atoms with van der Waals surface area (Å²) in [5, 5.41) is 5.44. The van der Waals surface area contributed by atoms with Crippen LogP contribution in [0.4, 0.5) is 5.69 Å². The summed E-state index contributed by atoms with van der Waals surface area (Å²) >= 11 is 0. The average Bonchev–Trinajstić information content (AvgIpc) is 2.73. The Balaban J connectivity index is 1.93. The molecule has 2 N–H and O–H groups in total. The quantitative estimate of drug-likeness (QED) is 0.600. The van der Waals surface area contributed by atoms with Gasteiger partial charge in [-0.05, 0) is 49.9 Å². The standard InChI is InChI=1S/C24H30N2O5/c1-15(2)21(25-20(27)14-30-19-12-7-6-8-13-19)24(29)31-18(5)23(28)26-22-16(3)10-9-11-17(22)4/h6-13,15,18,21H,14H2,1-5H3,(H,25,27)(H,26,28)/t18?,21-/m0/s1. The van der Waals surface area contributed by atoms with Gasteiger partial charge >= 0.3 is 5.97 Å². The fraction of sp³-hybridized carbons (Fsp3) is 0.375. The Morgan fingerprint density at radius 2 is 1.52 bits per heavy atom. The minimum atomic E-state index is -1.02. The lowest BCUT2D eigenvalue weighted by atomic mass is 10.0. The summed E-state index contributed by atoms with van der Waals surface area (Å²) in [5.74, 6) is -1.24. The van der Waals surface area contributed by atoms with Crippen LogP contribution >= 0.6 is 0 Å². The van der Waals surface area contributed by atoms with Crippen LogP contribution in [0.15, 0.2) is 48.5 Å². The SMILES string of the molecule is Cc1cccc(C)c1NC(=O)C(C)OC(=O)[C@@H](NC(=O)COc1ccccc1)C(C)C. The maximum absolute atomic E-state index is 12.6. The van der Waals surface area contributed by atoms with E-state index in [9.17, 15) is 14.4 Å². The number of anilines is 1. The van der Waals surface area contributed by atoms with Crippen LogP contribution in [-0.4, -0.2) is 36.5 Å². The van der Waals surface area contributed by atoms with Crippen molar-refractivity contribution in [2.75, 3.05) is 11.9 Å². The number of amides is 2. The molecule has 166 valence electrons. The molecule has 2 rings (SSSR count). The van der Waals surface area contributed by atoms with Crippen molar-refractivity contribution < 1.29 is 23.9 Å². The number of benzene rings is 2. The first-order chi connectivity index (χ1) is 14.7. The van der Waals surface area contributed by atoms with Crippen LogP contribution in [0, 0.1) is 19.8 Å². The lowest BCUT2D eigenvalue weighted by Gasteiger charge is -2.23. The lowest BCUT2D eigenvalue weighted by Crippen LogP contribution is -2.48. The van der Waals surface area contributed by atoms with Gasteiger partial charge in [0.15, 0.2) is 12.7 Å². The number of carbonyl (C=O) groups excluding carboxylic acids is 3. The fourth-order valence-electron chi connectivity index (χ4n) is 2.92. The lowest BCUT2D eigenvalue weighted by molar-refractivity contribution is -0.157. The Hall–Kier alpha value is -3.35. The number of rotatable bonds is 9. The largest absolute Gasteiger partial charge is 0.484 e. The molecule has 2 aromatic rings. The molecule has 1 unspecified atom stereocenters. The van der Waals surface area contributed by atoms with Gasteiger partial charge < -0.3 is 20.1 Å². The van der Waals surface area contributed by atoms with Crippen molar-refractivity contribution in [1.82, 2.24) is 5.32 Å². The third-order valence-electron chi connectivity index (χ3n) is 4.74. The minimum Gasteiger partial charge on any atom is -0.484 e. The number of hydrogen-bond acceptors (Lipinski definition) is 5. The van der Waals surface area contributed by atoms with Crippen LogP contribution in [0.5, 0.6) is 5.75 Å². The van der Waals surface area contributed by atoms with Gasteiger partial charge in [0.25, 0.3) is 11.8 Å². The van der Waals surface area contributed by atoms with Crippen LogP contribution in [0.2, 0.25) is 0 Å². The zero-order valence-corrected chi connectivity index (χ0v) is 18.6. The van der Waals surface area contributed by atoms with Gasteiger partial charge in [-0.1, -0.05) is 50.2 Å². The summed E-state index contributed by atoms with van der Waals surface area (Å²) in [6.45, 7) is 8.61. The highest BCUT2D eigenvalue weighted by molar-refractivity contribution is 5.97. The monoisotopic (exact) mass is 426 g/mol. The smallest absolute Gasteiger partial charge is 0.329 e. The third-order valence-corrected chi connectivity index (χ3v) is 4.74. The molecule has 7 nitrogen and oxygen atoms in total. The van der Waals surface area contributed by atoms with E-state index in [0.29, 0.717) is 11.4 Å². The van der Waals surface area contributed by atoms with Gasteiger partial charge in [-0.3, -0.25) is 9.59 Å². The summed E-state index contributed by atoms with van der Waals surface area (Å²) in [6, 6.07) is 13.7. The van der Waals surface area contributed by atoms with E-state index in [1.807, 2.05) is 38.1 Å². The summed E-state index contributed by atoms with van der Waals surface area (Å²) in [4.78, 5) is 37.4. The fourth-order valence-corrected chi connectivity index (χ4v) is 2.92. The van der Waals surface area contributed by atoms with Crippen molar-refractivity contribution in [3.05, 3.63) is 59.7 Å². The van der Waals surface area contributed by atoms with Crippen LogP contribution < -0.4 is 15.4 Å². The third kappa shape index (κ3) is 7.13. The zero-order valence-electron chi connectivity index (χ0n) is 18.6. The maximum Gasteiger partial charge on any atom is 0.329 e.